The molecular weight excluding hydrogens is 591 g/mol. The molecule has 5 nitrogen and oxygen atoms in total. The van der Waals surface area contributed by atoms with Gasteiger partial charge in [-0.3, -0.25) is 14.9 Å². The van der Waals surface area contributed by atoms with Gasteiger partial charge in [-0.2, -0.15) is 0 Å². The summed E-state index contributed by atoms with van der Waals surface area (Å²) in [6.07, 6.45) is 3.47. The van der Waals surface area contributed by atoms with Crippen molar-refractivity contribution in [2.45, 2.75) is 0 Å². The van der Waals surface area contributed by atoms with E-state index >= 15 is 0 Å². The molecule has 0 saturated carbocycles. The molecule has 0 spiro atoms. The molecule has 0 saturated heterocycles. The van der Waals surface area contributed by atoms with E-state index in [0.29, 0.717) is 11.3 Å². The first-order chi connectivity index (χ1) is 15.8. The number of hydrogen-bond acceptors (Lipinski definition) is 5. The molecule has 0 fully saturated rings. The van der Waals surface area contributed by atoms with Crippen molar-refractivity contribution >= 4 is 17.3 Å². The normalized spacial score (nSPS) is 10.3. The average Bonchev–Trinajstić information content (AvgIpc) is 2.86. The van der Waals surface area contributed by atoms with Gasteiger partial charge < -0.3 is 5.11 Å². The van der Waals surface area contributed by atoms with Crippen LogP contribution in [0.3, 0.4) is 0 Å². The Balaban J connectivity index is 0.00000259. The minimum Gasteiger partial charge on any atom is -0.517 e. The maximum absolute atomic E-state index is 10.2. The number of aromatic hydroxyl groups is 1. The molecule has 0 unspecified atom stereocenters. The molecule has 5 aromatic rings. The number of rotatable bonds is 5. The number of aromatic nitrogens is 3. The van der Waals surface area contributed by atoms with E-state index in [1.54, 1.807) is 24.5 Å². The zero-order chi connectivity index (χ0) is 21.8. The quantitative estimate of drug-likeness (QED) is 0.241. The summed E-state index contributed by atoms with van der Waals surface area (Å²) in [5.74, 6) is 1.68. The van der Waals surface area contributed by atoms with Crippen molar-refractivity contribution in [2.24, 2.45) is 0 Å². The smallest absolute Gasteiger partial charge is 0.138 e. The van der Waals surface area contributed by atoms with Crippen molar-refractivity contribution in [2.75, 3.05) is 4.90 Å². The van der Waals surface area contributed by atoms with Crippen LogP contribution in [0.2, 0.25) is 0 Å². The predicted molar refractivity (Wildman–Crippen MR) is 126 cm³/mol. The first-order valence-electron chi connectivity index (χ1n) is 10.2. The van der Waals surface area contributed by atoms with Gasteiger partial charge in [-0.25, -0.2) is 4.98 Å². The fourth-order valence-electron chi connectivity index (χ4n) is 3.49. The van der Waals surface area contributed by atoms with E-state index in [4.69, 9.17) is 4.98 Å². The van der Waals surface area contributed by atoms with Gasteiger partial charge in [-0.15, -0.1) is 17.7 Å². The Morgan fingerprint density at radius 3 is 2.21 bits per heavy atom. The van der Waals surface area contributed by atoms with Crippen LogP contribution in [0.15, 0.2) is 109 Å². The summed E-state index contributed by atoms with van der Waals surface area (Å²) in [7, 11) is 0. The van der Waals surface area contributed by atoms with Gasteiger partial charge >= 0.3 is 0 Å². The molecule has 5 rings (SSSR count). The van der Waals surface area contributed by atoms with Gasteiger partial charge in [0.2, 0.25) is 0 Å². The molecule has 3 heterocycles. The Morgan fingerprint density at radius 2 is 1.42 bits per heavy atom. The van der Waals surface area contributed by atoms with E-state index < -0.39 is 0 Å². The van der Waals surface area contributed by atoms with Crippen molar-refractivity contribution in [3.8, 4) is 28.3 Å². The Hall–Kier alpha value is -3.82. The molecule has 164 valence electrons. The fourth-order valence-corrected chi connectivity index (χ4v) is 3.49. The second-order valence-electron chi connectivity index (χ2n) is 7.09. The third-order valence-electron chi connectivity index (χ3n) is 4.99. The van der Waals surface area contributed by atoms with E-state index in [-0.39, 0.29) is 26.8 Å². The summed E-state index contributed by atoms with van der Waals surface area (Å²) >= 11 is 0. The summed E-state index contributed by atoms with van der Waals surface area (Å²) < 4.78 is 0. The van der Waals surface area contributed by atoms with E-state index in [1.807, 2.05) is 89.8 Å². The summed E-state index contributed by atoms with van der Waals surface area (Å²) in [6, 6.07) is 33.9. The Kier molecular flexibility index (Phi) is 6.91. The summed E-state index contributed by atoms with van der Waals surface area (Å²) in [4.78, 5) is 15.8. The molecule has 0 aliphatic rings. The van der Waals surface area contributed by atoms with Crippen LogP contribution in [-0.2, 0) is 21.1 Å². The first kappa shape index (κ1) is 22.4. The minimum atomic E-state index is 0. The van der Waals surface area contributed by atoms with E-state index in [1.165, 1.54) is 0 Å². The molecule has 1 N–H and O–H groups in total. The number of hydrogen-bond donors (Lipinski definition) is 1. The first-order valence-corrected chi connectivity index (χ1v) is 10.2. The number of nitrogens with zero attached hydrogens (tertiary/aromatic N) is 4. The maximum Gasteiger partial charge on any atom is 0.138 e. The Bertz CT molecular complexity index is 1310. The van der Waals surface area contributed by atoms with Crippen LogP contribution in [0.4, 0.5) is 17.3 Å². The summed E-state index contributed by atoms with van der Waals surface area (Å²) in [5.41, 5.74) is 3.69. The van der Waals surface area contributed by atoms with Crippen molar-refractivity contribution < 1.29 is 26.2 Å². The van der Waals surface area contributed by atoms with Crippen LogP contribution in [-0.4, -0.2) is 20.1 Å². The average molecular weight is 611 g/mol. The summed E-state index contributed by atoms with van der Waals surface area (Å²) in [6.45, 7) is 0. The molecule has 0 bridgehead atoms. The fraction of sp³-hybridized carbons (Fsp3) is 0. The molecule has 0 aliphatic carbocycles. The van der Waals surface area contributed by atoms with Crippen LogP contribution in [0.5, 0.6) is 5.75 Å². The third kappa shape index (κ3) is 4.84. The molecule has 2 aromatic carbocycles. The standard InChI is InChI=1S/C27H19N4O.Pt/c32-25-13-5-4-11-22(25)24-19-20(16-18-28-24)23-12-8-15-27(30-23)31(21-9-2-1-3-10-21)26-14-6-7-17-29-26;/h1-18,32H;/q-1;. The second kappa shape index (κ2) is 10.2. The van der Waals surface area contributed by atoms with Gasteiger partial charge in [0.25, 0.3) is 0 Å². The number of para-hydroxylation sites is 2. The number of phenols is 1. The molecule has 6 heteroatoms. The van der Waals surface area contributed by atoms with Crippen LogP contribution >= 0.6 is 0 Å². The molecule has 0 atom stereocenters. The SMILES string of the molecule is Oc1ccccc1-c1[c-]c(-c2cccc(N(c3ccccc3)c3ccccn3)n2)ccn1.[Pt]. The molecule has 3 aromatic heterocycles. The zero-order valence-corrected chi connectivity index (χ0v) is 19.7. The third-order valence-corrected chi connectivity index (χ3v) is 4.99. The second-order valence-corrected chi connectivity index (χ2v) is 7.09. The van der Waals surface area contributed by atoms with Crippen LogP contribution in [0.1, 0.15) is 0 Å². The van der Waals surface area contributed by atoms with E-state index in [9.17, 15) is 5.11 Å². The molecule has 0 amide bonds. The number of benzene rings is 2. The Morgan fingerprint density at radius 1 is 0.667 bits per heavy atom. The molecular formula is C27H19N4OPt-. The van der Waals surface area contributed by atoms with Crippen molar-refractivity contribution in [1.82, 2.24) is 15.0 Å². The molecule has 0 aliphatic heterocycles. The van der Waals surface area contributed by atoms with Gasteiger partial charge in [0.15, 0.2) is 0 Å². The number of phenolic OH excluding ortho intramolecular Hbond substituents is 1. The van der Waals surface area contributed by atoms with Gasteiger partial charge in [-0.1, -0.05) is 54.6 Å². The van der Waals surface area contributed by atoms with Crippen molar-refractivity contribution in [3.05, 3.63) is 116 Å². The van der Waals surface area contributed by atoms with E-state index in [0.717, 1.165) is 28.6 Å². The van der Waals surface area contributed by atoms with Crippen LogP contribution < -0.4 is 4.90 Å². The maximum atomic E-state index is 10.2. The van der Waals surface area contributed by atoms with Gasteiger partial charge in [-0.05, 0) is 59.5 Å². The monoisotopic (exact) mass is 610 g/mol. The van der Waals surface area contributed by atoms with Crippen LogP contribution in [0.25, 0.3) is 22.5 Å². The largest absolute Gasteiger partial charge is 0.517 e. The Labute approximate surface area is 206 Å². The van der Waals surface area contributed by atoms with Gasteiger partial charge in [0.05, 0.1) is 5.75 Å². The minimum absolute atomic E-state index is 0. The summed E-state index contributed by atoms with van der Waals surface area (Å²) in [5, 5.41) is 10.2. The van der Waals surface area contributed by atoms with Crippen molar-refractivity contribution in [1.29, 1.82) is 0 Å². The number of pyridine rings is 3. The number of anilines is 3. The van der Waals surface area contributed by atoms with Gasteiger partial charge in [0, 0.05) is 32.9 Å². The van der Waals surface area contributed by atoms with Crippen LogP contribution in [0, 0.1) is 6.07 Å². The van der Waals surface area contributed by atoms with E-state index in [2.05, 4.69) is 16.0 Å². The molecule has 33 heavy (non-hydrogen) atoms. The van der Waals surface area contributed by atoms with Crippen molar-refractivity contribution in [3.63, 3.8) is 0 Å². The topological polar surface area (TPSA) is 62.1 Å². The van der Waals surface area contributed by atoms with Gasteiger partial charge in [0.1, 0.15) is 11.6 Å². The predicted octanol–water partition coefficient (Wildman–Crippen LogP) is 6.18. The zero-order valence-electron chi connectivity index (χ0n) is 17.4. The molecule has 0 radical (unpaired) electrons.